The highest BCUT2D eigenvalue weighted by molar-refractivity contribution is 6.30. The molecule has 34 heavy (non-hydrogen) atoms. The monoisotopic (exact) mass is 508 g/mol. The third-order valence-electron chi connectivity index (χ3n) is 5.21. The van der Waals surface area contributed by atoms with Crippen molar-refractivity contribution in [3.8, 4) is 0 Å². The number of carbonyl (C=O) groups excluding carboxylic acids is 2. The van der Waals surface area contributed by atoms with Gasteiger partial charge < -0.3 is 15.2 Å². The molecule has 8 heteroatoms. The first-order chi connectivity index (χ1) is 16.0. The lowest BCUT2D eigenvalue weighted by molar-refractivity contribution is 0.0280. The molecule has 6 nitrogen and oxygen atoms in total. The lowest BCUT2D eigenvalue weighted by atomic mass is 9.89. The van der Waals surface area contributed by atoms with Crippen molar-refractivity contribution >= 4 is 35.4 Å². The molecule has 2 aromatic rings. The number of ether oxygens (including phenoxy) is 2. The Kier molecular flexibility index (Phi) is 11.0. The van der Waals surface area contributed by atoms with E-state index in [9.17, 15) is 9.59 Å². The summed E-state index contributed by atoms with van der Waals surface area (Å²) in [6.07, 6.45) is 1.46. The van der Waals surface area contributed by atoms with Crippen molar-refractivity contribution in [1.29, 1.82) is 0 Å². The Hall–Kier alpha value is -2.44. The first-order valence-electron chi connectivity index (χ1n) is 11.4. The number of unbranched alkanes of at least 4 members (excludes halogenated alkanes) is 1. The van der Waals surface area contributed by atoms with Crippen molar-refractivity contribution in [2.45, 2.75) is 65.6 Å². The predicted molar refractivity (Wildman–Crippen MR) is 136 cm³/mol. The highest BCUT2D eigenvalue weighted by Crippen LogP contribution is 2.23. The van der Waals surface area contributed by atoms with E-state index in [0.29, 0.717) is 29.6 Å². The van der Waals surface area contributed by atoms with Crippen LogP contribution in [0.15, 0.2) is 48.5 Å². The fraction of sp³-hybridized carbons (Fsp3) is 0.462. The van der Waals surface area contributed by atoms with Crippen LogP contribution in [0.4, 0.5) is 9.59 Å². The van der Waals surface area contributed by atoms with Gasteiger partial charge in [0.1, 0.15) is 12.7 Å². The molecule has 2 rings (SSSR count). The molecule has 2 N–H and O–H groups in total. The van der Waals surface area contributed by atoms with Gasteiger partial charge in [-0.2, -0.15) is 0 Å². The maximum absolute atomic E-state index is 13.0. The molecule has 0 unspecified atom stereocenters. The molecule has 186 valence electrons. The summed E-state index contributed by atoms with van der Waals surface area (Å²) >= 11 is 12.0. The molecule has 2 aromatic carbocycles. The third-order valence-corrected chi connectivity index (χ3v) is 5.71. The Morgan fingerprint density at radius 3 is 1.85 bits per heavy atom. The summed E-state index contributed by atoms with van der Waals surface area (Å²) in [5, 5.41) is 1.24. The van der Waals surface area contributed by atoms with Gasteiger partial charge in [0.05, 0.1) is 0 Å². The number of nitrogens with two attached hydrogens (primary N) is 1. The maximum Gasteiger partial charge on any atom is 0.410 e. The van der Waals surface area contributed by atoms with Crippen molar-refractivity contribution < 1.29 is 19.1 Å². The fourth-order valence-corrected chi connectivity index (χ4v) is 3.68. The highest BCUT2D eigenvalue weighted by atomic mass is 35.5. The third kappa shape index (κ3) is 11.1. The number of amides is 2. The molecule has 0 aliphatic rings. The first kappa shape index (κ1) is 27.8. The van der Waals surface area contributed by atoms with Gasteiger partial charge >= 0.3 is 12.2 Å². The van der Waals surface area contributed by atoms with Crippen molar-refractivity contribution in [3.05, 3.63) is 69.7 Å². The van der Waals surface area contributed by atoms with Gasteiger partial charge in [-0.25, -0.2) is 9.59 Å². The molecule has 0 fully saturated rings. The van der Waals surface area contributed by atoms with Gasteiger partial charge in [-0.3, -0.25) is 4.90 Å². The van der Waals surface area contributed by atoms with Gasteiger partial charge in [-0.05, 0) is 60.1 Å². The summed E-state index contributed by atoms with van der Waals surface area (Å²) in [5.41, 5.74) is 7.27. The predicted octanol–water partition coefficient (Wildman–Crippen LogP) is 7.20. The number of benzene rings is 2. The summed E-state index contributed by atoms with van der Waals surface area (Å²) in [5.74, 6) is 0. The van der Waals surface area contributed by atoms with Crippen LogP contribution in [-0.2, 0) is 22.6 Å². The number of hydrogen-bond donors (Lipinski definition) is 1. The Bertz CT molecular complexity index is 864. The molecule has 1 atom stereocenters. The zero-order chi connectivity index (χ0) is 25.1. The van der Waals surface area contributed by atoms with E-state index in [1.165, 1.54) is 0 Å². The summed E-state index contributed by atoms with van der Waals surface area (Å²) in [6.45, 7) is 7.14. The number of primary amides is 1. The Morgan fingerprint density at radius 2 is 1.41 bits per heavy atom. The highest BCUT2D eigenvalue weighted by Gasteiger charge is 2.21. The van der Waals surface area contributed by atoms with E-state index in [2.05, 4.69) is 20.8 Å². The van der Waals surface area contributed by atoms with Crippen molar-refractivity contribution in [2.75, 3.05) is 6.61 Å². The average Bonchev–Trinajstić information content (AvgIpc) is 2.76. The van der Waals surface area contributed by atoms with Gasteiger partial charge in [0.15, 0.2) is 0 Å². The van der Waals surface area contributed by atoms with Crippen molar-refractivity contribution in [2.24, 2.45) is 11.1 Å². The normalized spacial score (nSPS) is 12.1. The van der Waals surface area contributed by atoms with E-state index in [4.69, 9.17) is 38.4 Å². The molecule has 0 spiro atoms. The van der Waals surface area contributed by atoms with Gasteiger partial charge in [0, 0.05) is 23.1 Å². The van der Waals surface area contributed by atoms with E-state index < -0.39 is 18.3 Å². The number of halogens is 2. The fourth-order valence-electron chi connectivity index (χ4n) is 3.43. The standard InChI is InChI=1S/C26H34Cl2N2O4/c1-26(2,3)15-5-4-6-23(34-24(29)31)18-33-25(32)30(16-19-7-11-21(27)12-8-19)17-20-9-13-22(28)14-10-20/h7-14,23H,4-6,15-18H2,1-3H3,(H2,29,31)/t23-/m0/s1. The van der Waals surface area contributed by atoms with Crippen LogP contribution >= 0.6 is 23.2 Å². The van der Waals surface area contributed by atoms with Gasteiger partial charge in [0.25, 0.3) is 0 Å². The Morgan fingerprint density at radius 1 is 0.912 bits per heavy atom. The molecule has 2 amide bonds. The second kappa shape index (κ2) is 13.4. The molecular formula is C26H34Cl2N2O4. The van der Waals surface area contributed by atoms with Crippen LogP contribution in [0.3, 0.4) is 0 Å². The van der Waals surface area contributed by atoms with E-state index in [1.54, 1.807) is 29.2 Å². The number of hydrogen-bond acceptors (Lipinski definition) is 4. The second-order valence-electron chi connectivity index (χ2n) is 9.55. The van der Waals surface area contributed by atoms with Crippen LogP contribution in [0.5, 0.6) is 0 Å². The molecule has 0 aliphatic carbocycles. The summed E-state index contributed by atoms with van der Waals surface area (Å²) in [6, 6.07) is 14.5. The van der Waals surface area contributed by atoms with Crippen LogP contribution < -0.4 is 5.73 Å². The average molecular weight is 509 g/mol. The molecule has 0 bridgehead atoms. The summed E-state index contributed by atoms with van der Waals surface area (Å²) < 4.78 is 10.7. The molecule has 0 radical (unpaired) electrons. The van der Waals surface area contributed by atoms with E-state index in [1.807, 2.05) is 24.3 Å². The smallest absolute Gasteiger partial charge is 0.410 e. The molecular weight excluding hydrogens is 475 g/mol. The SMILES string of the molecule is CC(C)(C)CCCC[C@@H](COC(=O)N(Cc1ccc(Cl)cc1)Cc1ccc(Cl)cc1)OC(N)=O. The van der Waals surface area contributed by atoms with Crippen LogP contribution in [-0.4, -0.2) is 29.8 Å². The molecule has 0 heterocycles. The first-order valence-corrected chi connectivity index (χ1v) is 12.1. The Balaban J connectivity index is 2.02. The quantitative estimate of drug-likeness (QED) is 0.325. The molecule has 0 saturated heterocycles. The lowest BCUT2D eigenvalue weighted by Crippen LogP contribution is -2.34. The number of nitrogens with zero attached hydrogens (tertiary/aromatic N) is 1. The maximum atomic E-state index is 13.0. The topological polar surface area (TPSA) is 81.9 Å². The minimum absolute atomic E-state index is 0.0605. The van der Waals surface area contributed by atoms with Gasteiger partial charge in [-0.1, -0.05) is 74.7 Å². The summed E-state index contributed by atoms with van der Waals surface area (Å²) in [4.78, 5) is 25.9. The van der Waals surface area contributed by atoms with E-state index in [0.717, 1.165) is 30.4 Å². The Labute approximate surface area is 212 Å². The lowest BCUT2D eigenvalue weighted by Gasteiger charge is -2.24. The van der Waals surface area contributed by atoms with Gasteiger partial charge in [0.2, 0.25) is 0 Å². The van der Waals surface area contributed by atoms with Crippen LogP contribution in [0.2, 0.25) is 10.0 Å². The van der Waals surface area contributed by atoms with Crippen LogP contribution in [0.1, 0.15) is 57.6 Å². The van der Waals surface area contributed by atoms with E-state index >= 15 is 0 Å². The number of rotatable bonds is 11. The van der Waals surface area contributed by atoms with Gasteiger partial charge in [-0.15, -0.1) is 0 Å². The molecule has 0 saturated carbocycles. The number of carbonyl (C=O) groups is 2. The summed E-state index contributed by atoms with van der Waals surface area (Å²) in [7, 11) is 0. The second-order valence-corrected chi connectivity index (χ2v) is 10.4. The largest absolute Gasteiger partial charge is 0.445 e. The minimum atomic E-state index is -0.879. The zero-order valence-corrected chi connectivity index (χ0v) is 21.6. The van der Waals surface area contributed by atoms with E-state index in [-0.39, 0.29) is 12.0 Å². The van der Waals surface area contributed by atoms with Crippen LogP contribution in [0, 0.1) is 5.41 Å². The van der Waals surface area contributed by atoms with Crippen molar-refractivity contribution in [1.82, 2.24) is 4.90 Å². The molecule has 0 aromatic heterocycles. The zero-order valence-electron chi connectivity index (χ0n) is 20.1. The molecule has 0 aliphatic heterocycles. The minimum Gasteiger partial charge on any atom is -0.445 e. The van der Waals surface area contributed by atoms with Crippen LogP contribution in [0.25, 0.3) is 0 Å². The van der Waals surface area contributed by atoms with Crippen molar-refractivity contribution in [3.63, 3.8) is 0 Å².